The Bertz CT molecular complexity index is 1260. The number of aryl methyl sites for hydroxylation is 1. The predicted molar refractivity (Wildman–Crippen MR) is 114 cm³/mol. The number of benzene rings is 1. The normalized spacial score (nSPS) is 23.2. The van der Waals surface area contributed by atoms with E-state index in [2.05, 4.69) is 15.3 Å². The van der Waals surface area contributed by atoms with Crippen LogP contribution < -0.4 is 10.9 Å². The molecule has 4 atom stereocenters. The molecule has 5 rings (SSSR count). The summed E-state index contributed by atoms with van der Waals surface area (Å²) in [6.45, 7) is 6.30. The second-order valence-corrected chi connectivity index (χ2v) is 8.68. The number of nitrogens with one attached hydrogen (secondary N) is 1. The van der Waals surface area contributed by atoms with Crippen LogP contribution in [0.25, 0.3) is 10.9 Å². The maximum absolute atomic E-state index is 13.4. The molecule has 1 aliphatic carbocycles. The van der Waals surface area contributed by atoms with Crippen LogP contribution in [0, 0.1) is 25.7 Å². The molecule has 2 fully saturated rings. The number of fused-ring (bicyclic) bond motifs is 2. The van der Waals surface area contributed by atoms with Crippen molar-refractivity contribution >= 4 is 16.7 Å². The van der Waals surface area contributed by atoms with E-state index in [1.54, 1.807) is 30.7 Å². The van der Waals surface area contributed by atoms with Crippen LogP contribution in [0.5, 0.6) is 0 Å². The van der Waals surface area contributed by atoms with E-state index >= 15 is 0 Å². The van der Waals surface area contributed by atoms with Gasteiger partial charge in [-0.2, -0.15) is 13.2 Å². The second-order valence-electron chi connectivity index (χ2n) is 8.68. The molecule has 1 N–H and O–H groups in total. The standard InChI is InChI=1S/C23H23F3N4O2/c1-11-14(5-4-6-18(11)23(24,25)26)12(2)27-22-15-8-30(21-16-9-32-10-17(16)21)20(31)7-19(15)28-13(3)29-22/h4-8,12,16-17,21H,9-10H2,1-3H3,(H,27,28,29)/t12-,16-,17+,21?/m1/s1. The minimum absolute atomic E-state index is 0.109. The zero-order valence-corrected chi connectivity index (χ0v) is 17.9. The molecular weight excluding hydrogens is 421 g/mol. The van der Waals surface area contributed by atoms with Gasteiger partial charge in [0, 0.05) is 30.1 Å². The third-order valence-corrected chi connectivity index (χ3v) is 6.60. The summed E-state index contributed by atoms with van der Waals surface area (Å²) in [6.07, 6.45) is -2.64. The summed E-state index contributed by atoms with van der Waals surface area (Å²) >= 11 is 0. The van der Waals surface area contributed by atoms with E-state index in [0.717, 1.165) is 6.07 Å². The number of nitrogens with zero attached hydrogens (tertiary/aromatic N) is 3. The molecule has 6 nitrogen and oxygen atoms in total. The zero-order valence-electron chi connectivity index (χ0n) is 17.9. The minimum Gasteiger partial charge on any atom is -0.381 e. The van der Waals surface area contributed by atoms with Gasteiger partial charge in [-0.25, -0.2) is 9.97 Å². The van der Waals surface area contributed by atoms with Crippen molar-refractivity contribution in [1.29, 1.82) is 0 Å². The van der Waals surface area contributed by atoms with Gasteiger partial charge in [0.15, 0.2) is 0 Å². The van der Waals surface area contributed by atoms with Gasteiger partial charge >= 0.3 is 6.18 Å². The molecule has 9 heteroatoms. The summed E-state index contributed by atoms with van der Waals surface area (Å²) in [6, 6.07) is 5.36. The van der Waals surface area contributed by atoms with Crippen LogP contribution in [0.4, 0.5) is 19.0 Å². The van der Waals surface area contributed by atoms with E-state index in [4.69, 9.17) is 4.74 Å². The Balaban J connectivity index is 1.54. The van der Waals surface area contributed by atoms with Crippen molar-refractivity contribution in [2.75, 3.05) is 18.5 Å². The van der Waals surface area contributed by atoms with Gasteiger partial charge < -0.3 is 14.6 Å². The Morgan fingerprint density at radius 2 is 1.91 bits per heavy atom. The van der Waals surface area contributed by atoms with E-state index in [1.807, 2.05) is 0 Å². The molecule has 3 heterocycles. The monoisotopic (exact) mass is 444 g/mol. The summed E-state index contributed by atoms with van der Waals surface area (Å²) in [5.74, 6) is 1.66. The van der Waals surface area contributed by atoms with Gasteiger partial charge in [0.05, 0.1) is 35.7 Å². The molecule has 2 aromatic heterocycles. The van der Waals surface area contributed by atoms with Crippen LogP contribution in [0.1, 0.15) is 41.5 Å². The van der Waals surface area contributed by atoms with Crippen molar-refractivity contribution in [3.63, 3.8) is 0 Å². The largest absolute Gasteiger partial charge is 0.416 e. The molecule has 1 unspecified atom stereocenters. The van der Waals surface area contributed by atoms with Gasteiger partial charge in [-0.15, -0.1) is 0 Å². The molecule has 2 aliphatic rings. The lowest BCUT2D eigenvalue weighted by Gasteiger charge is -2.21. The maximum Gasteiger partial charge on any atom is 0.416 e. The first kappa shape index (κ1) is 20.9. The fourth-order valence-corrected chi connectivity index (χ4v) is 4.91. The fraction of sp³-hybridized carbons (Fsp3) is 0.435. The number of hydrogen-bond acceptors (Lipinski definition) is 5. The number of aromatic nitrogens is 3. The Kier molecular flexibility index (Phi) is 4.77. The lowest BCUT2D eigenvalue weighted by molar-refractivity contribution is -0.138. The first-order valence-corrected chi connectivity index (χ1v) is 10.6. The zero-order chi connectivity index (χ0) is 22.8. The van der Waals surface area contributed by atoms with E-state index < -0.39 is 17.8 Å². The summed E-state index contributed by atoms with van der Waals surface area (Å²) in [4.78, 5) is 21.6. The van der Waals surface area contributed by atoms with Crippen LogP contribution in [0.2, 0.25) is 0 Å². The molecule has 0 radical (unpaired) electrons. The van der Waals surface area contributed by atoms with Crippen LogP contribution in [0.3, 0.4) is 0 Å². The Morgan fingerprint density at radius 1 is 1.19 bits per heavy atom. The van der Waals surface area contributed by atoms with Crippen molar-refractivity contribution in [1.82, 2.24) is 14.5 Å². The molecular formula is C23H23F3N4O2. The molecule has 1 aromatic carbocycles. The molecule has 1 aliphatic heterocycles. The number of rotatable bonds is 4. The highest BCUT2D eigenvalue weighted by atomic mass is 19.4. The second kappa shape index (κ2) is 7.30. The predicted octanol–water partition coefficient (Wildman–Crippen LogP) is 4.42. The molecule has 3 aromatic rings. The highest BCUT2D eigenvalue weighted by Gasteiger charge is 2.55. The molecule has 1 saturated heterocycles. The molecule has 0 spiro atoms. The summed E-state index contributed by atoms with van der Waals surface area (Å²) in [5, 5.41) is 3.92. The summed E-state index contributed by atoms with van der Waals surface area (Å²) in [5.41, 5.74) is 0.451. The lowest BCUT2D eigenvalue weighted by atomic mass is 9.97. The van der Waals surface area contributed by atoms with Gasteiger partial charge in [-0.3, -0.25) is 4.79 Å². The van der Waals surface area contributed by atoms with Crippen molar-refractivity contribution < 1.29 is 17.9 Å². The average molecular weight is 444 g/mol. The highest BCUT2D eigenvalue weighted by molar-refractivity contribution is 5.88. The fourth-order valence-electron chi connectivity index (χ4n) is 4.91. The van der Waals surface area contributed by atoms with E-state index in [-0.39, 0.29) is 17.2 Å². The van der Waals surface area contributed by atoms with E-state index in [0.29, 0.717) is 53.2 Å². The van der Waals surface area contributed by atoms with Gasteiger partial charge in [-0.1, -0.05) is 12.1 Å². The van der Waals surface area contributed by atoms with Crippen LogP contribution in [-0.4, -0.2) is 27.7 Å². The van der Waals surface area contributed by atoms with E-state index in [1.165, 1.54) is 19.1 Å². The molecule has 0 amide bonds. The van der Waals surface area contributed by atoms with Crippen LogP contribution in [-0.2, 0) is 10.9 Å². The smallest absolute Gasteiger partial charge is 0.381 e. The van der Waals surface area contributed by atoms with E-state index in [9.17, 15) is 18.0 Å². The average Bonchev–Trinajstić information content (AvgIpc) is 3.16. The number of ether oxygens (including phenoxy) is 1. The first-order valence-electron chi connectivity index (χ1n) is 10.6. The van der Waals surface area contributed by atoms with Crippen LogP contribution >= 0.6 is 0 Å². The topological polar surface area (TPSA) is 69.0 Å². The molecule has 0 bridgehead atoms. The van der Waals surface area contributed by atoms with Crippen molar-refractivity contribution in [3.05, 3.63) is 63.3 Å². The maximum atomic E-state index is 13.4. The quantitative estimate of drug-likeness (QED) is 0.645. The Labute approximate surface area is 182 Å². The first-order chi connectivity index (χ1) is 15.1. The number of anilines is 1. The summed E-state index contributed by atoms with van der Waals surface area (Å²) < 4.78 is 47.2. The van der Waals surface area contributed by atoms with Crippen molar-refractivity contribution in [2.45, 2.75) is 39.0 Å². The SMILES string of the molecule is Cc1nc(N[C@H](C)c2cccc(C(F)(F)F)c2C)c2cn(C3[C@H]4COC[C@@H]34)c(=O)cc2n1. The lowest BCUT2D eigenvalue weighted by Crippen LogP contribution is -2.21. The number of hydrogen-bond donors (Lipinski definition) is 1. The third kappa shape index (κ3) is 3.44. The van der Waals surface area contributed by atoms with Crippen molar-refractivity contribution in [3.8, 4) is 0 Å². The Morgan fingerprint density at radius 3 is 2.59 bits per heavy atom. The van der Waals surface area contributed by atoms with Gasteiger partial charge in [-0.05, 0) is 38.0 Å². The number of pyridine rings is 1. The minimum atomic E-state index is -4.42. The number of alkyl halides is 3. The van der Waals surface area contributed by atoms with Gasteiger partial charge in [0.1, 0.15) is 11.6 Å². The Hall–Kier alpha value is -2.94. The third-order valence-electron chi connectivity index (χ3n) is 6.60. The van der Waals surface area contributed by atoms with Gasteiger partial charge in [0.2, 0.25) is 0 Å². The molecule has 168 valence electrons. The van der Waals surface area contributed by atoms with Crippen molar-refractivity contribution in [2.24, 2.45) is 11.8 Å². The van der Waals surface area contributed by atoms with Crippen LogP contribution in [0.15, 0.2) is 35.3 Å². The number of halogens is 3. The molecule has 32 heavy (non-hydrogen) atoms. The summed E-state index contributed by atoms with van der Waals surface area (Å²) in [7, 11) is 0. The highest BCUT2D eigenvalue weighted by Crippen LogP contribution is 2.53. The molecule has 1 saturated carbocycles. The van der Waals surface area contributed by atoms with Gasteiger partial charge in [0.25, 0.3) is 5.56 Å².